The summed E-state index contributed by atoms with van der Waals surface area (Å²) >= 11 is 3.49. The van der Waals surface area contributed by atoms with Gasteiger partial charge in [-0.1, -0.05) is 28.1 Å². The highest BCUT2D eigenvalue weighted by Crippen LogP contribution is 2.19. The lowest BCUT2D eigenvalue weighted by Crippen LogP contribution is -2.03. The molecule has 15 heavy (non-hydrogen) atoms. The van der Waals surface area contributed by atoms with Crippen molar-refractivity contribution in [2.24, 2.45) is 0 Å². The number of halogens is 1. The van der Waals surface area contributed by atoms with E-state index >= 15 is 0 Å². The number of benzene rings is 1. The summed E-state index contributed by atoms with van der Waals surface area (Å²) in [5.74, 6) is 0.308. The quantitative estimate of drug-likeness (QED) is 0.905. The molecule has 0 saturated heterocycles. The van der Waals surface area contributed by atoms with Crippen LogP contribution >= 0.6 is 15.9 Å². The maximum atomic E-state index is 5.45. The molecule has 5 heteroatoms. The molecule has 0 aliphatic rings. The largest absolute Gasteiger partial charge is 0.367 e. The first-order valence-electron chi connectivity index (χ1n) is 4.56. The molecule has 0 atom stereocenters. The van der Waals surface area contributed by atoms with Crippen molar-refractivity contribution >= 4 is 21.9 Å². The standard InChI is InChI=1S/C10H11BrN4/c1-7-8(3-2-4-9(7)11)5-15-6-13-10(12)14-15/h2-4,6H,5H2,1H3,(H2,12,14). The Balaban J connectivity index is 2.28. The lowest BCUT2D eigenvalue weighted by atomic mass is 10.1. The summed E-state index contributed by atoms with van der Waals surface area (Å²) in [4.78, 5) is 3.88. The van der Waals surface area contributed by atoms with Crippen molar-refractivity contribution in [3.63, 3.8) is 0 Å². The highest BCUT2D eigenvalue weighted by atomic mass is 79.9. The zero-order valence-corrected chi connectivity index (χ0v) is 9.90. The second-order valence-electron chi connectivity index (χ2n) is 3.32. The Bertz CT molecular complexity index is 478. The van der Waals surface area contributed by atoms with Gasteiger partial charge >= 0.3 is 0 Å². The van der Waals surface area contributed by atoms with E-state index in [2.05, 4.69) is 39.0 Å². The van der Waals surface area contributed by atoms with Crippen molar-refractivity contribution in [2.75, 3.05) is 5.73 Å². The number of aromatic nitrogens is 3. The van der Waals surface area contributed by atoms with Crippen LogP contribution in [0.4, 0.5) is 5.95 Å². The molecule has 78 valence electrons. The lowest BCUT2D eigenvalue weighted by Gasteiger charge is -2.06. The fourth-order valence-corrected chi connectivity index (χ4v) is 1.79. The predicted octanol–water partition coefficient (Wildman–Crippen LogP) is 1.98. The van der Waals surface area contributed by atoms with Gasteiger partial charge in [0.2, 0.25) is 5.95 Å². The Hall–Kier alpha value is -1.36. The van der Waals surface area contributed by atoms with Gasteiger partial charge in [-0.25, -0.2) is 9.67 Å². The van der Waals surface area contributed by atoms with Gasteiger partial charge in [0.25, 0.3) is 0 Å². The molecule has 1 aromatic heterocycles. The number of nitrogens with two attached hydrogens (primary N) is 1. The van der Waals surface area contributed by atoms with Crippen molar-refractivity contribution in [1.82, 2.24) is 14.8 Å². The number of nitrogens with zero attached hydrogens (tertiary/aromatic N) is 3. The van der Waals surface area contributed by atoms with Gasteiger partial charge in [0.1, 0.15) is 6.33 Å². The molecular formula is C10H11BrN4. The van der Waals surface area contributed by atoms with Gasteiger partial charge in [-0.05, 0) is 24.1 Å². The maximum absolute atomic E-state index is 5.45. The molecule has 0 bridgehead atoms. The molecule has 0 unspecified atom stereocenters. The SMILES string of the molecule is Cc1c(Br)cccc1Cn1cnc(N)n1. The van der Waals surface area contributed by atoms with Crippen molar-refractivity contribution in [2.45, 2.75) is 13.5 Å². The Kier molecular flexibility index (Phi) is 2.73. The second kappa shape index (κ2) is 4.02. The number of anilines is 1. The van der Waals surface area contributed by atoms with Crippen molar-refractivity contribution in [3.8, 4) is 0 Å². The predicted molar refractivity (Wildman–Crippen MR) is 62.4 cm³/mol. The number of rotatable bonds is 2. The molecule has 0 aliphatic heterocycles. The van der Waals surface area contributed by atoms with Crippen LogP contribution in [0.2, 0.25) is 0 Å². The third-order valence-corrected chi connectivity index (χ3v) is 3.13. The van der Waals surface area contributed by atoms with Crippen LogP contribution in [0.3, 0.4) is 0 Å². The fraction of sp³-hybridized carbons (Fsp3) is 0.200. The van der Waals surface area contributed by atoms with Crippen molar-refractivity contribution in [3.05, 3.63) is 40.1 Å². The van der Waals surface area contributed by atoms with Crippen LogP contribution in [-0.4, -0.2) is 14.8 Å². The lowest BCUT2D eigenvalue weighted by molar-refractivity contribution is 0.684. The van der Waals surface area contributed by atoms with Gasteiger partial charge in [-0.2, -0.15) is 0 Å². The van der Waals surface area contributed by atoms with Crippen LogP contribution in [0.15, 0.2) is 29.0 Å². The van der Waals surface area contributed by atoms with Crippen molar-refractivity contribution < 1.29 is 0 Å². The minimum absolute atomic E-state index is 0.308. The molecule has 0 fully saturated rings. The van der Waals surface area contributed by atoms with Gasteiger partial charge in [0.15, 0.2) is 0 Å². The highest BCUT2D eigenvalue weighted by molar-refractivity contribution is 9.10. The monoisotopic (exact) mass is 266 g/mol. The summed E-state index contributed by atoms with van der Waals surface area (Å²) in [5, 5.41) is 4.04. The van der Waals surface area contributed by atoms with E-state index in [1.807, 2.05) is 12.1 Å². The minimum Gasteiger partial charge on any atom is -0.367 e. The summed E-state index contributed by atoms with van der Waals surface area (Å²) in [6, 6.07) is 6.10. The molecule has 4 nitrogen and oxygen atoms in total. The molecule has 0 aliphatic carbocycles. The molecule has 0 saturated carbocycles. The van der Waals surface area contributed by atoms with Crippen LogP contribution in [0, 0.1) is 6.92 Å². The third kappa shape index (κ3) is 2.18. The molecule has 0 spiro atoms. The zero-order valence-electron chi connectivity index (χ0n) is 8.31. The van der Waals surface area contributed by atoms with Gasteiger partial charge in [0.05, 0.1) is 6.54 Å². The van der Waals surface area contributed by atoms with E-state index in [9.17, 15) is 0 Å². The van der Waals surface area contributed by atoms with Crippen LogP contribution < -0.4 is 5.73 Å². The minimum atomic E-state index is 0.308. The Morgan fingerprint density at radius 1 is 1.47 bits per heavy atom. The second-order valence-corrected chi connectivity index (χ2v) is 4.18. The molecular weight excluding hydrogens is 256 g/mol. The summed E-state index contributed by atoms with van der Waals surface area (Å²) in [6.07, 6.45) is 1.63. The van der Waals surface area contributed by atoms with Gasteiger partial charge in [-0.3, -0.25) is 0 Å². The molecule has 1 heterocycles. The van der Waals surface area contributed by atoms with Crippen LogP contribution in [0.5, 0.6) is 0 Å². The first kappa shape index (κ1) is 10.2. The summed E-state index contributed by atoms with van der Waals surface area (Å²) in [7, 11) is 0. The number of nitrogen functional groups attached to an aromatic ring is 1. The van der Waals surface area contributed by atoms with E-state index in [0.29, 0.717) is 12.5 Å². The van der Waals surface area contributed by atoms with Crippen LogP contribution in [0.1, 0.15) is 11.1 Å². The first-order chi connectivity index (χ1) is 7.16. The Morgan fingerprint density at radius 3 is 2.93 bits per heavy atom. The molecule has 0 amide bonds. The molecule has 1 aromatic carbocycles. The molecule has 2 aromatic rings. The van der Waals surface area contributed by atoms with E-state index in [-0.39, 0.29) is 0 Å². The summed E-state index contributed by atoms with van der Waals surface area (Å²) in [6.45, 7) is 2.76. The van der Waals surface area contributed by atoms with Gasteiger partial charge in [-0.15, -0.1) is 5.10 Å². The van der Waals surface area contributed by atoms with E-state index in [0.717, 1.165) is 4.47 Å². The third-order valence-electron chi connectivity index (χ3n) is 2.27. The van der Waals surface area contributed by atoms with Gasteiger partial charge in [0, 0.05) is 4.47 Å². The Morgan fingerprint density at radius 2 is 2.27 bits per heavy atom. The molecule has 0 radical (unpaired) electrons. The summed E-state index contributed by atoms with van der Waals surface area (Å²) in [5.41, 5.74) is 7.87. The Labute approximate surface area is 96.3 Å². The topological polar surface area (TPSA) is 56.7 Å². The zero-order chi connectivity index (χ0) is 10.8. The normalized spacial score (nSPS) is 10.5. The van der Waals surface area contributed by atoms with E-state index in [1.54, 1.807) is 11.0 Å². The number of hydrogen-bond donors (Lipinski definition) is 1. The molecule has 2 N–H and O–H groups in total. The fourth-order valence-electron chi connectivity index (χ4n) is 1.38. The van der Waals surface area contributed by atoms with E-state index in [1.165, 1.54) is 11.1 Å². The maximum Gasteiger partial charge on any atom is 0.239 e. The smallest absolute Gasteiger partial charge is 0.239 e. The average Bonchev–Trinajstić information content (AvgIpc) is 2.59. The van der Waals surface area contributed by atoms with Crippen LogP contribution in [0.25, 0.3) is 0 Å². The average molecular weight is 267 g/mol. The van der Waals surface area contributed by atoms with Gasteiger partial charge < -0.3 is 5.73 Å². The van der Waals surface area contributed by atoms with Crippen molar-refractivity contribution in [1.29, 1.82) is 0 Å². The van der Waals surface area contributed by atoms with E-state index in [4.69, 9.17) is 5.73 Å². The first-order valence-corrected chi connectivity index (χ1v) is 5.35. The molecule has 2 rings (SSSR count). The highest BCUT2D eigenvalue weighted by Gasteiger charge is 2.03. The van der Waals surface area contributed by atoms with Crippen LogP contribution in [-0.2, 0) is 6.54 Å². The summed E-state index contributed by atoms with van der Waals surface area (Å²) < 4.78 is 2.83. The van der Waals surface area contributed by atoms with E-state index < -0.39 is 0 Å². The number of hydrogen-bond acceptors (Lipinski definition) is 3.